The van der Waals surface area contributed by atoms with Crippen LogP contribution in [-0.4, -0.2) is 36.1 Å². The van der Waals surface area contributed by atoms with Gasteiger partial charge in [-0.1, -0.05) is 17.8 Å². The lowest BCUT2D eigenvalue weighted by Crippen LogP contribution is -2.14. The molecule has 7 nitrogen and oxygen atoms in total. The van der Waals surface area contributed by atoms with E-state index in [0.717, 1.165) is 16.9 Å². The highest BCUT2D eigenvalue weighted by Gasteiger charge is 2.13. The Morgan fingerprint density at radius 3 is 2.59 bits per heavy atom. The minimum atomic E-state index is -0.187. The molecule has 1 N–H and O–H groups in total. The summed E-state index contributed by atoms with van der Waals surface area (Å²) in [5.74, 6) is 1.70. The zero-order valence-electron chi connectivity index (χ0n) is 15.2. The number of hydrogen-bond donors (Lipinski definition) is 1. The minimum absolute atomic E-state index is 0.140. The van der Waals surface area contributed by atoms with Gasteiger partial charge in [0, 0.05) is 5.56 Å². The van der Waals surface area contributed by atoms with E-state index in [4.69, 9.17) is 13.9 Å². The van der Waals surface area contributed by atoms with E-state index >= 15 is 0 Å². The second-order valence-electron chi connectivity index (χ2n) is 5.64. The van der Waals surface area contributed by atoms with Crippen LogP contribution >= 0.6 is 11.8 Å². The monoisotopic (exact) mass is 385 g/mol. The fraction of sp³-hybridized carbons (Fsp3) is 0.211. The molecule has 0 radical (unpaired) electrons. The molecule has 2 aromatic carbocycles. The van der Waals surface area contributed by atoms with Gasteiger partial charge in [0.05, 0.1) is 25.7 Å². The molecular formula is C19H19N3O4S. The maximum absolute atomic E-state index is 12.2. The van der Waals surface area contributed by atoms with Gasteiger partial charge in [0.25, 0.3) is 5.22 Å². The predicted molar refractivity (Wildman–Crippen MR) is 103 cm³/mol. The number of carbonyl (C=O) groups excluding carboxylic acids is 1. The van der Waals surface area contributed by atoms with E-state index in [9.17, 15) is 4.79 Å². The maximum Gasteiger partial charge on any atom is 0.277 e. The lowest BCUT2D eigenvalue weighted by atomic mass is 10.2. The van der Waals surface area contributed by atoms with Gasteiger partial charge in [0.2, 0.25) is 11.8 Å². The quantitative estimate of drug-likeness (QED) is 0.619. The Hall–Kier alpha value is -3.00. The van der Waals surface area contributed by atoms with Gasteiger partial charge in [-0.05, 0) is 48.9 Å². The number of benzene rings is 2. The summed E-state index contributed by atoms with van der Waals surface area (Å²) < 4.78 is 16.0. The molecule has 0 saturated heterocycles. The van der Waals surface area contributed by atoms with Crippen LogP contribution in [0.4, 0.5) is 5.69 Å². The van der Waals surface area contributed by atoms with E-state index in [0.29, 0.717) is 22.6 Å². The van der Waals surface area contributed by atoms with Gasteiger partial charge in [0.15, 0.2) is 0 Å². The molecular weight excluding hydrogens is 366 g/mol. The first-order valence-corrected chi connectivity index (χ1v) is 9.13. The number of carbonyl (C=O) groups is 1. The van der Waals surface area contributed by atoms with Crippen LogP contribution in [0.15, 0.2) is 52.1 Å². The number of methoxy groups -OCH3 is 2. The third-order valence-corrected chi connectivity index (χ3v) is 4.52. The number of anilines is 1. The van der Waals surface area contributed by atoms with Crippen LogP contribution in [0.25, 0.3) is 11.5 Å². The van der Waals surface area contributed by atoms with Crippen LogP contribution in [-0.2, 0) is 4.79 Å². The van der Waals surface area contributed by atoms with E-state index in [1.165, 1.54) is 11.8 Å². The molecule has 0 fully saturated rings. The molecule has 1 amide bonds. The number of rotatable bonds is 7. The third-order valence-electron chi connectivity index (χ3n) is 3.70. The van der Waals surface area contributed by atoms with Crippen molar-refractivity contribution in [3.05, 3.63) is 48.0 Å². The lowest BCUT2D eigenvalue weighted by molar-refractivity contribution is -0.113. The molecule has 3 aromatic rings. The van der Waals surface area contributed by atoms with Crippen molar-refractivity contribution < 1.29 is 18.7 Å². The average molecular weight is 385 g/mol. The zero-order valence-corrected chi connectivity index (χ0v) is 16.0. The van der Waals surface area contributed by atoms with Crippen LogP contribution in [0.1, 0.15) is 5.56 Å². The van der Waals surface area contributed by atoms with Crippen molar-refractivity contribution in [2.24, 2.45) is 0 Å². The molecule has 1 aromatic heterocycles. The molecule has 0 saturated carbocycles. The van der Waals surface area contributed by atoms with Gasteiger partial charge in [-0.15, -0.1) is 10.2 Å². The van der Waals surface area contributed by atoms with E-state index in [-0.39, 0.29) is 11.7 Å². The Bertz CT molecular complexity index is 925. The van der Waals surface area contributed by atoms with Crippen LogP contribution in [0.2, 0.25) is 0 Å². The second kappa shape index (κ2) is 8.59. The molecule has 3 rings (SSSR count). The number of nitrogens with one attached hydrogen (secondary N) is 1. The van der Waals surface area contributed by atoms with E-state index in [2.05, 4.69) is 15.5 Å². The summed E-state index contributed by atoms with van der Waals surface area (Å²) in [6, 6.07) is 12.9. The van der Waals surface area contributed by atoms with E-state index in [1.54, 1.807) is 14.2 Å². The summed E-state index contributed by atoms with van der Waals surface area (Å²) in [5, 5.41) is 11.1. The van der Waals surface area contributed by atoms with Crippen molar-refractivity contribution >= 4 is 23.4 Å². The zero-order chi connectivity index (χ0) is 19.2. The first-order valence-electron chi connectivity index (χ1n) is 8.14. The van der Waals surface area contributed by atoms with E-state index < -0.39 is 0 Å². The van der Waals surface area contributed by atoms with Gasteiger partial charge >= 0.3 is 0 Å². The number of ether oxygens (including phenoxy) is 2. The molecule has 140 valence electrons. The number of aryl methyl sites for hydroxylation is 1. The smallest absolute Gasteiger partial charge is 0.277 e. The van der Waals surface area contributed by atoms with Crippen molar-refractivity contribution in [3.63, 3.8) is 0 Å². The lowest BCUT2D eigenvalue weighted by Gasteiger charge is -2.10. The number of aromatic nitrogens is 2. The highest BCUT2D eigenvalue weighted by atomic mass is 32.2. The van der Waals surface area contributed by atoms with Gasteiger partial charge < -0.3 is 19.2 Å². The maximum atomic E-state index is 12.2. The summed E-state index contributed by atoms with van der Waals surface area (Å²) in [4.78, 5) is 12.2. The molecule has 0 spiro atoms. The molecule has 0 bridgehead atoms. The molecule has 27 heavy (non-hydrogen) atoms. The summed E-state index contributed by atoms with van der Waals surface area (Å²) in [6.45, 7) is 1.95. The minimum Gasteiger partial charge on any atom is -0.497 e. The fourth-order valence-electron chi connectivity index (χ4n) is 2.35. The molecule has 0 aliphatic rings. The highest BCUT2D eigenvalue weighted by molar-refractivity contribution is 7.99. The van der Waals surface area contributed by atoms with E-state index in [1.807, 2.05) is 49.4 Å². The first-order chi connectivity index (χ1) is 13.1. The van der Waals surface area contributed by atoms with Crippen molar-refractivity contribution in [2.45, 2.75) is 12.1 Å². The number of amides is 1. The Kier molecular flexibility index (Phi) is 5.97. The van der Waals surface area contributed by atoms with Crippen LogP contribution < -0.4 is 14.8 Å². The molecule has 0 aliphatic heterocycles. The van der Waals surface area contributed by atoms with Gasteiger partial charge in [-0.2, -0.15) is 0 Å². The van der Waals surface area contributed by atoms with Crippen molar-refractivity contribution in [1.82, 2.24) is 10.2 Å². The number of nitrogens with zero attached hydrogens (tertiary/aromatic N) is 2. The normalized spacial score (nSPS) is 10.5. The molecule has 0 atom stereocenters. The van der Waals surface area contributed by atoms with Crippen molar-refractivity contribution in [3.8, 4) is 23.0 Å². The van der Waals surface area contributed by atoms with Gasteiger partial charge in [0.1, 0.15) is 11.5 Å². The molecule has 0 unspecified atom stereocenters. The topological polar surface area (TPSA) is 86.5 Å². The van der Waals surface area contributed by atoms with Crippen LogP contribution in [0.3, 0.4) is 0 Å². The largest absolute Gasteiger partial charge is 0.497 e. The second-order valence-corrected chi connectivity index (χ2v) is 6.57. The Morgan fingerprint density at radius 2 is 1.89 bits per heavy atom. The highest BCUT2D eigenvalue weighted by Crippen LogP contribution is 2.27. The van der Waals surface area contributed by atoms with Gasteiger partial charge in [-0.3, -0.25) is 4.79 Å². The molecule has 8 heteroatoms. The summed E-state index contributed by atoms with van der Waals surface area (Å²) in [6.07, 6.45) is 0. The Labute approximate surface area is 161 Å². The van der Waals surface area contributed by atoms with Crippen LogP contribution in [0, 0.1) is 6.92 Å². The predicted octanol–water partition coefficient (Wildman–Crippen LogP) is 3.79. The standard InChI is InChI=1S/C19H19N3O4S/c1-12-4-9-16(25-3)15(10-12)20-17(23)11-27-19-22-21-18(26-19)13-5-7-14(24-2)8-6-13/h4-10H,11H2,1-3H3,(H,20,23). The summed E-state index contributed by atoms with van der Waals surface area (Å²) in [5.41, 5.74) is 2.44. The van der Waals surface area contributed by atoms with Crippen molar-refractivity contribution in [2.75, 3.05) is 25.3 Å². The summed E-state index contributed by atoms with van der Waals surface area (Å²) >= 11 is 1.17. The Balaban J connectivity index is 1.59. The summed E-state index contributed by atoms with van der Waals surface area (Å²) in [7, 11) is 3.17. The number of thioether (sulfide) groups is 1. The molecule has 0 aliphatic carbocycles. The van der Waals surface area contributed by atoms with Crippen molar-refractivity contribution in [1.29, 1.82) is 0 Å². The Morgan fingerprint density at radius 1 is 1.11 bits per heavy atom. The molecule has 1 heterocycles. The third kappa shape index (κ3) is 4.79. The van der Waals surface area contributed by atoms with Crippen LogP contribution in [0.5, 0.6) is 11.5 Å². The number of hydrogen-bond acceptors (Lipinski definition) is 7. The van der Waals surface area contributed by atoms with Gasteiger partial charge in [-0.25, -0.2) is 0 Å². The SMILES string of the molecule is COc1ccc(-c2nnc(SCC(=O)Nc3cc(C)ccc3OC)o2)cc1. The first kappa shape index (κ1) is 18.8. The average Bonchev–Trinajstić information content (AvgIpc) is 3.16. The fourth-order valence-corrected chi connectivity index (χ4v) is 2.91.